The van der Waals surface area contributed by atoms with E-state index in [9.17, 15) is 30.6 Å². The monoisotopic (exact) mass is 585 g/mol. The smallest absolute Gasteiger partial charge is 0.461 e. The van der Waals surface area contributed by atoms with Gasteiger partial charge in [-0.25, -0.2) is 17.7 Å². The largest absolute Gasteiger partial charge is 0.487 e. The van der Waals surface area contributed by atoms with Crippen LogP contribution in [0.5, 0.6) is 11.5 Å². The van der Waals surface area contributed by atoms with Crippen molar-refractivity contribution in [3.63, 3.8) is 0 Å². The molecule has 0 bridgehead atoms. The van der Waals surface area contributed by atoms with Gasteiger partial charge in [0.2, 0.25) is 0 Å². The van der Waals surface area contributed by atoms with Crippen molar-refractivity contribution in [2.24, 2.45) is 0 Å². The van der Waals surface area contributed by atoms with Gasteiger partial charge in [0.25, 0.3) is 0 Å². The van der Waals surface area contributed by atoms with Gasteiger partial charge in [0, 0.05) is 6.07 Å². The summed E-state index contributed by atoms with van der Waals surface area (Å²) in [6, 6.07) is 15.3. The van der Waals surface area contributed by atoms with Gasteiger partial charge in [0.15, 0.2) is 11.6 Å². The van der Waals surface area contributed by atoms with Gasteiger partial charge in [-0.2, -0.15) is 17.6 Å². The van der Waals surface area contributed by atoms with Crippen molar-refractivity contribution < 1.29 is 40.0 Å². The van der Waals surface area contributed by atoms with Crippen LogP contribution in [0.1, 0.15) is 50.3 Å². The molecule has 11 heteroatoms. The lowest BCUT2D eigenvalue weighted by Crippen LogP contribution is -2.50. The molecule has 3 aromatic rings. The van der Waals surface area contributed by atoms with Crippen LogP contribution in [-0.2, 0) is 22.9 Å². The predicted octanol–water partition coefficient (Wildman–Crippen LogP) is 7.28. The van der Waals surface area contributed by atoms with Crippen molar-refractivity contribution in [2.45, 2.75) is 69.0 Å². The maximum Gasteiger partial charge on any atom is 0.461 e. The maximum absolute atomic E-state index is 15.0. The highest BCUT2D eigenvalue weighted by Crippen LogP contribution is 2.41. The molecule has 1 saturated carbocycles. The third-order valence-corrected chi connectivity index (χ3v) is 7.90. The van der Waals surface area contributed by atoms with Crippen molar-refractivity contribution in [3.05, 3.63) is 95.1 Å². The van der Waals surface area contributed by atoms with E-state index in [4.69, 9.17) is 4.74 Å². The predicted molar refractivity (Wildman–Crippen MR) is 140 cm³/mol. The summed E-state index contributed by atoms with van der Waals surface area (Å²) in [7, 11) is -1.85. The first-order valence-electron chi connectivity index (χ1n) is 12.6. The minimum absolute atomic E-state index is 0.0156. The Hall–Kier alpha value is -3.05. The second kappa shape index (κ2) is 11.4. The summed E-state index contributed by atoms with van der Waals surface area (Å²) in [5.74, 6) is -2.66. The second-order valence-corrected chi connectivity index (χ2v) is 12.6. The summed E-state index contributed by atoms with van der Waals surface area (Å²) in [6.07, 6.45) is -7.76. The molecule has 4 rings (SSSR count). The van der Waals surface area contributed by atoms with Crippen LogP contribution in [0.2, 0.25) is 0 Å². The molecule has 3 aromatic carbocycles. The molecule has 0 aliphatic heterocycles. The molecule has 2 atom stereocenters. The van der Waals surface area contributed by atoms with Crippen LogP contribution in [0.15, 0.2) is 66.7 Å². The van der Waals surface area contributed by atoms with Gasteiger partial charge in [0.1, 0.15) is 11.6 Å². The van der Waals surface area contributed by atoms with Gasteiger partial charge >= 0.3 is 12.5 Å². The first-order chi connectivity index (χ1) is 18.7. The van der Waals surface area contributed by atoms with Crippen LogP contribution in [0.3, 0.4) is 0 Å². The maximum atomic E-state index is 15.0. The van der Waals surface area contributed by atoms with E-state index in [0.717, 1.165) is 31.0 Å². The molecule has 40 heavy (non-hydrogen) atoms. The molecule has 0 spiro atoms. The normalized spacial score (nSPS) is 16.4. The van der Waals surface area contributed by atoms with Crippen molar-refractivity contribution in [2.75, 3.05) is 0 Å². The number of nitrogens with one attached hydrogen (secondary N) is 1. The average Bonchev–Trinajstić information content (AvgIpc) is 3.68. The lowest BCUT2D eigenvalue weighted by Gasteiger charge is -2.38. The molecule has 0 unspecified atom stereocenters. The zero-order chi connectivity index (χ0) is 29.3. The van der Waals surface area contributed by atoms with Crippen molar-refractivity contribution in [1.29, 1.82) is 0 Å². The van der Waals surface area contributed by atoms with Gasteiger partial charge in [-0.1, -0.05) is 36.4 Å². The Morgan fingerprint density at radius 3 is 2.23 bits per heavy atom. The van der Waals surface area contributed by atoms with E-state index in [1.807, 2.05) is 0 Å². The third-order valence-electron chi connectivity index (χ3n) is 6.25. The highest BCUT2D eigenvalue weighted by molar-refractivity contribution is 7.84. The van der Waals surface area contributed by atoms with Gasteiger partial charge in [-0.15, -0.1) is 0 Å². The van der Waals surface area contributed by atoms with Gasteiger partial charge in [-0.05, 0) is 81.0 Å². The van der Waals surface area contributed by atoms with Gasteiger partial charge in [-0.3, -0.25) is 0 Å². The van der Waals surface area contributed by atoms with Crippen molar-refractivity contribution >= 4 is 11.0 Å². The quantitative estimate of drug-likeness (QED) is 0.241. The molecule has 1 N–H and O–H groups in total. The van der Waals surface area contributed by atoms with Gasteiger partial charge < -0.3 is 9.47 Å². The molecule has 0 heterocycles. The van der Waals surface area contributed by atoms with E-state index in [0.29, 0.717) is 11.6 Å². The van der Waals surface area contributed by atoms with Crippen LogP contribution in [0, 0.1) is 11.6 Å². The van der Waals surface area contributed by atoms with E-state index in [1.54, 1.807) is 51.1 Å². The number of hydrogen-bond donors (Lipinski definition) is 1. The summed E-state index contributed by atoms with van der Waals surface area (Å²) in [6.45, 7) is 5.08. The number of ether oxygens (including phenoxy) is 2. The first-order valence-corrected chi connectivity index (χ1v) is 13.7. The highest BCUT2D eigenvalue weighted by atomic mass is 32.2. The topological polar surface area (TPSA) is 47.6 Å². The van der Waals surface area contributed by atoms with Crippen molar-refractivity contribution in [1.82, 2.24) is 4.72 Å². The minimum Gasteiger partial charge on any atom is -0.487 e. The summed E-state index contributed by atoms with van der Waals surface area (Å²) in [5.41, 5.74) is -0.754. The van der Waals surface area contributed by atoms with Crippen LogP contribution in [0.4, 0.5) is 26.3 Å². The fourth-order valence-electron chi connectivity index (χ4n) is 4.03. The van der Waals surface area contributed by atoms with E-state index in [2.05, 4.69) is 9.46 Å². The molecule has 0 amide bonds. The summed E-state index contributed by atoms with van der Waals surface area (Å²) in [5, 5.41) is 0. The highest BCUT2D eigenvalue weighted by Gasteiger charge is 2.45. The number of alkyl halides is 4. The number of rotatable bonds is 11. The number of hydrogen-bond acceptors (Lipinski definition) is 3. The molecule has 0 aromatic heterocycles. The Bertz CT molecular complexity index is 1360. The van der Waals surface area contributed by atoms with Crippen LogP contribution in [0.25, 0.3) is 0 Å². The molecule has 0 radical (unpaired) electrons. The zero-order valence-electron chi connectivity index (χ0n) is 22.0. The standard InChI is InChI=1S/C29H29F6NO3S/c1-27(2,3)40(37)36-28(17-18-7-5-4-6-8-18,19-9-12-24(31)25(15-19)38-22-10-11-22)20-13-21(30)16-23(14-20)39-29(34,35)26(32)33/h4-9,12-16,22,26,36H,10-11,17H2,1-3H3/t28-,40+/m1/s1. The molecular weight excluding hydrogens is 556 g/mol. The second-order valence-electron chi connectivity index (χ2n) is 10.7. The Kier molecular flexibility index (Phi) is 8.56. The fourth-order valence-corrected chi connectivity index (χ4v) is 4.96. The zero-order valence-corrected chi connectivity index (χ0v) is 22.8. The summed E-state index contributed by atoms with van der Waals surface area (Å²) < 4.78 is 109. The summed E-state index contributed by atoms with van der Waals surface area (Å²) in [4.78, 5) is 0. The first kappa shape index (κ1) is 29.9. The molecule has 4 nitrogen and oxygen atoms in total. The lowest BCUT2D eigenvalue weighted by molar-refractivity contribution is -0.253. The average molecular weight is 586 g/mol. The molecule has 216 valence electrons. The molecule has 1 aliphatic rings. The Morgan fingerprint density at radius 2 is 1.62 bits per heavy atom. The molecule has 0 saturated heterocycles. The number of benzene rings is 3. The molecule has 1 aliphatic carbocycles. The lowest BCUT2D eigenvalue weighted by atomic mass is 9.78. The van der Waals surface area contributed by atoms with Crippen LogP contribution in [-0.4, -0.2) is 27.6 Å². The molecular formula is C29H29F6NO3S. The Labute approximate surface area is 231 Å². The van der Waals surface area contributed by atoms with E-state index in [-0.39, 0.29) is 29.4 Å². The van der Waals surface area contributed by atoms with Gasteiger partial charge in [0.05, 0.1) is 27.4 Å². The minimum atomic E-state index is -4.89. The fraction of sp³-hybridized carbons (Fsp3) is 0.379. The number of halogens is 6. The van der Waals surface area contributed by atoms with Crippen LogP contribution < -0.4 is 14.2 Å². The Morgan fingerprint density at radius 1 is 0.950 bits per heavy atom. The SMILES string of the molecule is CC(C)(C)[S@](=O)N[C@@](Cc1ccccc1)(c1cc(F)cc(OC(F)(F)C(F)F)c1)c1ccc(F)c(OC2CC2)c1. The third kappa shape index (κ3) is 6.98. The van der Waals surface area contributed by atoms with E-state index in [1.165, 1.54) is 12.1 Å². The Balaban J connectivity index is 1.97. The molecule has 1 fully saturated rings. The van der Waals surface area contributed by atoms with E-state index >= 15 is 0 Å². The summed E-state index contributed by atoms with van der Waals surface area (Å²) >= 11 is 0. The van der Waals surface area contributed by atoms with E-state index < -0.39 is 51.2 Å². The van der Waals surface area contributed by atoms with Crippen molar-refractivity contribution in [3.8, 4) is 11.5 Å². The van der Waals surface area contributed by atoms with Crippen LogP contribution >= 0.6 is 0 Å².